The number of rotatable bonds is 14. The molecule has 4 aliphatic heterocycles. The molecule has 17 heteroatoms. The van der Waals surface area contributed by atoms with E-state index in [0.717, 1.165) is 34.6 Å². The highest BCUT2D eigenvalue weighted by Gasteiger charge is 2.77. The molecule has 1 aromatic heterocycles. The van der Waals surface area contributed by atoms with E-state index in [1.54, 1.807) is 7.11 Å². The van der Waals surface area contributed by atoms with Crippen LogP contribution in [0, 0.1) is 40.0 Å². The van der Waals surface area contributed by atoms with Gasteiger partial charge in [0.25, 0.3) is 0 Å². The number of Topliss-reactive ketones (excluding diaryl/α,β-unsaturated/α-hetero) is 1. The van der Waals surface area contributed by atoms with Gasteiger partial charge in [-0.2, -0.15) is 0 Å². The lowest BCUT2D eigenvalue weighted by Gasteiger charge is -2.57. The molecule has 0 amide bonds. The minimum absolute atomic E-state index is 0.0253. The number of ketones is 1. The van der Waals surface area contributed by atoms with Gasteiger partial charge in [-0.05, 0) is 134 Å². The molecular weight excluding hydrogens is 1000 g/mol. The van der Waals surface area contributed by atoms with E-state index in [0.29, 0.717) is 67.0 Å². The molecule has 4 aromatic carbocycles. The van der Waals surface area contributed by atoms with E-state index < -0.39 is 63.7 Å². The summed E-state index contributed by atoms with van der Waals surface area (Å²) < 4.78 is 77.3. The predicted molar refractivity (Wildman–Crippen MR) is 285 cm³/mol. The van der Waals surface area contributed by atoms with Gasteiger partial charge in [-0.25, -0.2) is 22.5 Å². The molecule has 402 valence electrons. The molecule has 2 bridgehead atoms. The van der Waals surface area contributed by atoms with E-state index in [1.165, 1.54) is 0 Å². The van der Waals surface area contributed by atoms with Gasteiger partial charge in [0.2, 0.25) is 0 Å². The summed E-state index contributed by atoms with van der Waals surface area (Å²) in [6, 6.07) is 18.8. The van der Waals surface area contributed by atoms with Crippen LogP contribution >= 0.6 is 23.2 Å². The average molecular weight is 1070 g/mol. The highest BCUT2D eigenvalue weighted by atomic mass is 35.5. The third-order valence-corrected chi connectivity index (χ3v) is 18.8. The zero-order chi connectivity index (χ0) is 53.4. The van der Waals surface area contributed by atoms with Crippen LogP contribution in [0.25, 0.3) is 11.3 Å². The van der Waals surface area contributed by atoms with E-state index in [-0.39, 0.29) is 54.5 Å². The number of hydrogen-bond donors (Lipinski definition) is 2. The number of halogens is 6. The Hall–Kier alpha value is -4.42. The Balaban J connectivity index is 1.11. The maximum Gasteiger partial charge on any atom is 0.165 e. The van der Waals surface area contributed by atoms with E-state index in [2.05, 4.69) is 79.7 Å². The van der Waals surface area contributed by atoms with Crippen LogP contribution in [0.3, 0.4) is 0 Å². The summed E-state index contributed by atoms with van der Waals surface area (Å²) in [4.78, 5) is 31.2. The molecule has 1 aliphatic carbocycles. The molecule has 5 aromatic rings. The molecule has 12 atom stereocenters. The number of piperidine rings is 1. The first-order valence-corrected chi connectivity index (χ1v) is 27.1. The first kappa shape index (κ1) is 54.0. The largest absolute Gasteiger partial charge is 0.457 e. The van der Waals surface area contributed by atoms with E-state index in [9.17, 15) is 0 Å². The van der Waals surface area contributed by atoms with Crippen molar-refractivity contribution in [2.45, 2.75) is 120 Å². The lowest BCUT2D eigenvalue weighted by molar-refractivity contribution is -0.154. The van der Waals surface area contributed by atoms with Crippen molar-refractivity contribution in [1.29, 1.82) is 0 Å². The second-order valence-corrected chi connectivity index (χ2v) is 23.3. The summed E-state index contributed by atoms with van der Waals surface area (Å²) in [6.45, 7) is 8.26. The number of nitrogens with zero attached hydrogens (tertiary/aromatic N) is 6. The van der Waals surface area contributed by atoms with Gasteiger partial charge in [-0.3, -0.25) is 19.5 Å². The smallest absolute Gasteiger partial charge is 0.165 e. The second kappa shape index (κ2) is 21.1. The Morgan fingerprint density at radius 3 is 2.23 bits per heavy atom. The van der Waals surface area contributed by atoms with Gasteiger partial charge >= 0.3 is 0 Å². The average Bonchev–Trinajstić information content (AvgIpc) is 4.07. The molecule has 5 aliphatic rings. The fourth-order valence-corrected chi connectivity index (χ4v) is 15.1. The molecule has 0 radical (unpaired) electrons. The van der Waals surface area contributed by atoms with E-state index >= 15 is 22.4 Å². The van der Waals surface area contributed by atoms with Crippen LogP contribution in [-0.2, 0) is 42.5 Å². The zero-order valence-electron chi connectivity index (χ0n) is 44.3. The lowest BCUT2D eigenvalue weighted by Crippen LogP contribution is -2.73. The highest BCUT2D eigenvalue weighted by Crippen LogP contribution is 2.63. The standard InChI is InChI=1S/C58H70Cl2F4N8O3/c1-10-57-49-23-37(22-42-51(63)43(61)26-44(62)52(42)64)54(57)69(6)32(2)27-65-48-25-40(21-34-11-16-38(59)17-12-34)70(7)55-45(31-74-9)67-53(58(48,55)56(57)73)33(3)72(49)29-36-13-18-39(60)24-47(36)75-41-19-14-35(15-20-41)46-28-66-50(71(46)8)30-68(4)5/h11-20,24,26,28,32-33,37,40,45,48-49,53-55,65,67H,10,21-23,25,27,29-31H2,1-9H3/t32-,33-,37+,40-,45+,48?,49?,53?,54?,55?,57?,58?/m0/s1. The minimum Gasteiger partial charge on any atom is -0.457 e. The Bertz CT molecular complexity index is 2890. The van der Waals surface area contributed by atoms with Gasteiger partial charge in [0.15, 0.2) is 29.1 Å². The number of nitrogens with one attached hydrogen (secondary N) is 2. The molecule has 5 heterocycles. The number of benzene rings is 4. The van der Waals surface area contributed by atoms with Crippen molar-refractivity contribution >= 4 is 29.0 Å². The number of methoxy groups -OCH3 is 1. The number of likely N-dealkylation sites (N-methyl/N-ethyl adjacent to an activating group) is 2. The van der Waals surface area contributed by atoms with Crippen molar-refractivity contribution in [3.8, 4) is 22.8 Å². The first-order valence-electron chi connectivity index (χ1n) is 26.3. The van der Waals surface area contributed by atoms with Crippen LogP contribution in [0.1, 0.15) is 62.5 Å². The Labute approximate surface area is 448 Å². The van der Waals surface area contributed by atoms with Crippen LogP contribution in [0.4, 0.5) is 17.6 Å². The van der Waals surface area contributed by atoms with Crippen molar-refractivity contribution < 1.29 is 31.8 Å². The third kappa shape index (κ3) is 9.13. The molecule has 7 unspecified atom stereocenters. The molecule has 1 spiro atoms. The van der Waals surface area contributed by atoms with Crippen LogP contribution in [0.15, 0.2) is 79.0 Å². The van der Waals surface area contributed by atoms with Crippen molar-refractivity contribution in [2.24, 2.45) is 23.8 Å². The molecule has 5 fully saturated rings. The van der Waals surface area contributed by atoms with Gasteiger partial charge in [0.05, 0.1) is 35.9 Å². The SMILES string of the molecule is CCC12C(=O)C34C5C[C@H](Cc6ccc(Cl)cc6)N(C)C3[C@@H](COC)NC4[C@H](C)N(Cc3ccc(Cl)cc3Oc3ccc(-c4cnc(CN(C)C)n4C)cc3)C1C[C@@H](Cc1c(F)c(F)cc(F)c1F)C2N(C)[C@@H](C)CN5. The fraction of sp³-hybridized carbons (Fsp3) is 0.517. The number of carbonyl (C=O) groups excluding carboxylic acids is 1. The number of aromatic nitrogens is 2. The summed E-state index contributed by atoms with van der Waals surface area (Å²) in [5.74, 6) is -4.13. The first-order chi connectivity index (χ1) is 35.8. The van der Waals surface area contributed by atoms with Crippen LogP contribution in [0.5, 0.6) is 11.5 Å². The van der Waals surface area contributed by atoms with E-state index in [4.69, 9.17) is 32.7 Å². The number of imidazole rings is 1. The maximum absolute atomic E-state index is 17.4. The van der Waals surface area contributed by atoms with E-state index in [1.807, 2.05) is 89.0 Å². The zero-order valence-corrected chi connectivity index (χ0v) is 45.8. The second-order valence-electron chi connectivity index (χ2n) is 22.4. The van der Waals surface area contributed by atoms with Crippen molar-refractivity contribution in [3.05, 3.63) is 135 Å². The molecule has 2 N–H and O–H groups in total. The normalized spacial score (nSPS) is 31.1. The van der Waals surface area contributed by atoms with Crippen molar-refractivity contribution in [1.82, 2.24) is 39.8 Å². The van der Waals surface area contributed by atoms with Crippen LogP contribution in [0.2, 0.25) is 10.0 Å². The summed E-state index contributed by atoms with van der Waals surface area (Å²) in [5.41, 5.74) is 1.05. The van der Waals surface area contributed by atoms with Gasteiger partial charge in [0.1, 0.15) is 17.3 Å². The molecule has 75 heavy (non-hydrogen) atoms. The van der Waals surface area contributed by atoms with Crippen molar-refractivity contribution in [2.75, 3.05) is 48.5 Å². The monoisotopic (exact) mass is 1070 g/mol. The highest BCUT2D eigenvalue weighted by molar-refractivity contribution is 6.31. The predicted octanol–water partition coefficient (Wildman–Crippen LogP) is 9.55. The number of ether oxygens (including phenoxy) is 2. The topological polar surface area (TPSA) is 90.4 Å². The number of hydrogen-bond acceptors (Lipinski definition) is 10. The van der Waals surface area contributed by atoms with Crippen molar-refractivity contribution in [3.63, 3.8) is 0 Å². The van der Waals surface area contributed by atoms with Crippen LogP contribution in [-0.4, -0.2) is 138 Å². The van der Waals surface area contributed by atoms with Gasteiger partial charge < -0.3 is 29.6 Å². The third-order valence-electron chi connectivity index (χ3n) is 18.3. The number of likely N-dealkylation sites (tertiary alicyclic amines) is 2. The molecule has 10 rings (SSSR count). The summed E-state index contributed by atoms with van der Waals surface area (Å²) >= 11 is 13.2. The summed E-state index contributed by atoms with van der Waals surface area (Å²) in [5, 5.41) is 9.28. The lowest BCUT2D eigenvalue weighted by atomic mass is 9.54. The molecule has 1 saturated carbocycles. The fourth-order valence-electron chi connectivity index (χ4n) is 14.8. The Morgan fingerprint density at radius 1 is 0.867 bits per heavy atom. The molecule has 4 saturated heterocycles. The summed E-state index contributed by atoms with van der Waals surface area (Å²) in [7, 11) is 11.9. The van der Waals surface area contributed by atoms with Crippen LogP contribution < -0.4 is 15.4 Å². The Morgan fingerprint density at radius 2 is 1.56 bits per heavy atom. The molecule has 11 nitrogen and oxygen atoms in total. The van der Waals surface area contributed by atoms with Gasteiger partial charge in [-0.15, -0.1) is 0 Å². The quantitative estimate of drug-likeness (QED) is 0.0829. The van der Waals surface area contributed by atoms with Gasteiger partial charge in [0, 0.05) is 114 Å². The maximum atomic E-state index is 17.4. The minimum atomic E-state index is -1.45. The van der Waals surface area contributed by atoms with Gasteiger partial charge in [-0.1, -0.05) is 48.3 Å². The summed E-state index contributed by atoms with van der Waals surface area (Å²) in [6.07, 6.45) is 3.66. The number of carbonyl (C=O) groups is 1. The Kier molecular flexibility index (Phi) is 15.2. The molecular formula is C58H70Cl2F4N8O3.